The minimum absolute atomic E-state index is 0.00425. The first-order valence-corrected chi connectivity index (χ1v) is 8.27. The molecule has 0 bridgehead atoms. The van der Waals surface area contributed by atoms with Crippen LogP contribution in [0.2, 0.25) is 0 Å². The first-order chi connectivity index (χ1) is 12.6. The number of nitrogens with two attached hydrogens (primary N) is 2. The molecule has 1 aliphatic heterocycles. The van der Waals surface area contributed by atoms with Gasteiger partial charge in [-0.1, -0.05) is 0 Å². The number of aliphatic hydroxyl groups excluding tert-OH is 1. The highest BCUT2D eigenvalue weighted by molar-refractivity contribution is 6.27. The number of amides is 1. The monoisotopic (exact) mass is 375 g/mol. The van der Waals surface area contributed by atoms with E-state index in [0.717, 1.165) is 0 Å². The van der Waals surface area contributed by atoms with Crippen molar-refractivity contribution in [3.63, 3.8) is 0 Å². The molecule has 0 saturated heterocycles. The standard InChI is InChI=1S/C17H21N5O5/c1-7-11(20-6-21(2)3)16(25)10-8(5-27-17(19)26)12-15(24)9(18)4-22(12)13(10)14(7)23/h6,9,15,24H,4-5,18H2,1-3H3,(H2,19,26). The van der Waals surface area contributed by atoms with Crippen LogP contribution in [0.1, 0.15) is 45.1 Å². The fourth-order valence-corrected chi connectivity index (χ4v) is 3.40. The van der Waals surface area contributed by atoms with Gasteiger partial charge < -0.3 is 30.8 Å². The number of Topliss-reactive ketones (excluding diaryl/α,β-unsaturated/α-hetero) is 2. The molecule has 27 heavy (non-hydrogen) atoms. The summed E-state index contributed by atoms with van der Waals surface area (Å²) in [5.74, 6) is -0.866. The molecule has 1 aromatic heterocycles. The number of hydrogen-bond acceptors (Lipinski definition) is 7. The van der Waals surface area contributed by atoms with Crippen molar-refractivity contribution >= 4 is 24.0 Å². The van der Waals surface area contributed by atoms with Crippen LogP contribution in [0.3, 0.4) is 0 Å². The molecule has 10 heteroatoms. The highest BCUT2D eigenvalue weighted by atomic mass is 16.5. The fraction of sp³-hybridized carbons (Fsp3) is 0.412. The molecule has 0 saturated carbocycles. The van der Waals surface area contributed by atoms with Gasteiger partial charge >= 0.3 is 6.09 Å². The van der Waals surface area contributed by atoms with Crippen molar-refractivity contribution in [1.82, 2.24) is 9.47 Å². The normalized spacial score (nSPS) is 21.7. The van der Waals surface area contributed by atoms with Gasteiger partial charge in [-0.05, 0) is 6.92 Å². The average Bonchev–Trinajstić information content (AvgIpc) is 3.05. The van der Waals surface area contributed by atoms with Crippen molar-refractivity contribution < 1.29 is 24.2 Å². The molecular weight excluding hydrogens is 354 g/mol. The number of aliphatic imine (C=N–C) groups is 1. The van der Waals surface area contributed by atoms with Crippen LogP contribution in [0.4, 0.5) is 4.79 Å². The van der Waals surface area contributed by atoms with Crippen LogP contribution in [-0.2, 0) is 17.9 Å². The summed E-state index contributed by atoms with van der Waals surface area (Å²) in [7, 11) is 3.47. The molecule has 3 rings (SSSR count). The van der Waals surface area contributed by atoms with Gasteiger partial charge in [-0.2, -0.15) is 0 Å². The summed E-state index contributed by atoms with van der Waals surface area (Å²) in [4.78, 5) is 42.9. The van der Waals surface area contributed by atoms with Crippen molar-refractivity contribution in [2.24, 2.45) is 16.5 Å². The molecule has 2 aliphatic rings. The molecule has 0 spiro atoms. The second-order valence-electron chi connectivity index (χ2n) is 6.75. The van der Waals surface area contributed by atoms with Gasteiger partial charge in [0.05, 0.1) is 23.6 Å². The van der Waals surface area contributed by atoms with Crippen molar-refractivity contribution in [3.05, 3.63) is 33.8 Å². The molecule has 144 valence electrons. The number of aromatic nitrogens is 1. The minimum atomic E-state index is -1.10. The van der Waals surface area contributed by atoms with E-state index in [0.29, 0.717) is 5.69 Å². The third-order valence-corrected chi connectivity index (χ3v) is 4.62. The lowest BCUT2D eigenvalue weighted by molar-refractivity contribution is 0.0965. The Morgan fingerprint density at radius 2 is 2.07 bits per heavy atom. The first-order valence-electron chi connectivity index (χ1n) is 8.27. The van der Waals surface area contributed by atoms with Crippen LogP contribution in [0.15, 0.2) is 16.3 Å². The predicted molar refractivity (Wildman–Crippen MR) is 95.3 cm³/mol. The number of hydrogen-bond donors (Lipinski definition) is 3. The zero-order valence-corrected chi connectivity index (χ0v) is 15.2. The molecule has 0 radical (unpaired) electrons. The van der Waals surface area contributed by atoms with Gasteiger partial charge in [-0.3, -0.25) is 9.59 Å². The van der Waals surface area contributed by atoms with Crippen LogP contribution in [0.5, 0.6) is 0 Å². The summed E-state index contributed by atoms with van der Waals surface area (Å²) in [5, 5.41) is 10.4. The second-order valence-corrected chi connectivity index (χ2v) is 6.75. The number of nitrogens with zero attached hydrogens (tertiary/aromatic N) is 3. The summed E-state index contributed by atoms with van der Waals surface area (Å²) in [5.41, 5.74) is 11.9. The third-order valence-electron chi connectivity index (χ3n) is 4.62. The number of fused-ring (bicyclic) bond motifs is 3. The van der Waals surface area contributed by atoms with E-state index >= 15 is 0 Å². The first kappa shape index (κ1) is 18.8. The van der Waals surface area contributed by atoms with Gasteiger partial charge in [-0.15, -0.1) is 0 Å². The Hall–Kier alpha value is -2.98. The molecule has 10 nitrogen and oxygen atoms in total. The Bertz CT molecular complexity index is 911. The van der Waals surface area contributed by atoms with Gasteiger partial charge in [0.1, 0.15) is 24.1 Å². The number of rotatable bonds is 4. The maximum Gasteiger partial charge on any atom is 0.404 e. The predicted octanol–water partition coefficient (Wildman–Crippen LogP) is -0.299. The van der Waals surface area contributed by atoms with Crippen LogP contribution < -0.4 is 11.5 Å². The van der Waals surface area contributed by atoms with E-state index in [1.54, 1.807) is 19.0 Å². The maximum atomic E-state index is 13.1. The van der Waals surface area contributed by atoms with E-state index in [2.05, 4.69) is 4.99 Å². The van der Waals surface area contributed by atoms with Gasteiger partial charge in [0, 0.05) is 31.8 Å². The highest BCUT2D eigenvalue weighted by Gasteiger charge is 2.43. The minimum Gasteiger partial charge on any atom is -0.445 e. The van der Waals surface area contributed by atoms with Gasteiger partial charge in [0.2, 0.25) is 11.6 Å². The smallest absolute Gasteiger partial charge is 0.404 e. The third kappa shape index (κ3) is 2.92. The lowest BCUT2D eigenvalue weighted by Gasteiger charge is -2.18. The molecule has 1 aliphatic carbocycles. The lowest BCUT2D eigenvalue weighted by Crippen LogP contribution is -2.29. The van der Waals surface area contributed by atoms with Crippen molar-refractivity contribution in [2.75, 3.05) is 14.1 Å². The summed E-state index contributed by atoms with van der Waals surface area (Å²) < 4.78 is 6.38. The Kier molecular flexibility index (Phi) is 4.62. The lowest BCUT2D eigenvalue weighted by atomic mass is 9.89. The van der Waals surface area contributed by atoms with E-state index < -0.39 is 24.0 Å². The number of ether oxygens (including phenoxy) is 1. The number of carbonyl (C=O) groups excluding carboxylic acids is 3. The molecule has 0 aromatic carbocycles. The van der Waals surface area contributed by atoms with E-state index in [9.17, 15) is 19.5 Å². The van der Waals surface area contributed by atoms with Crippen molar-refractivity contribution in [2.45, 2.75) is 32.2 Å². The zero-order valence-electron chi connectivity index (χ0n) is 15.2. The summed E-state index contributed by atoms with van der Waals surface area (Å²) in [6.07, 6.45) is -0.715. The number of ketones is 2. The van der Waals surface area contributed by atoms with E-state index in [1.807, 2.05) is 0 Å². The Labute approximate surface area is 155 Å². The quantitative estimate of drug-likeness (QED) is 0.482. The van der Waals surface area contributed by atoms with Crippen molar-refractivity contribution in [3.8, 4) is 0 Å². The summed E-state index contributed by atoms with van der Waals surface area (Å²) in [6, 6.07) is -0.641. The van der Waals surface area contributed by atoms with Gasteiger partial charge in [-0.25, -0.2) is 9.79 Å². The van der Waals surface area contributed by atoms with Gasteiger partial charge in [0.15, 0.2) is 0 Å². The zero-order chi connectivity index (χ0) is 20.0. The average molecular weight is 375 g/mol. The molecular formula is C17H21N5O5. The summed E-state index contributed by atoms with van der Waals surface area (Å²) >= 11 is 0. The highest BCUT2D eigenvalue weighted by Crippen LogP contribution is 2.40. The maximum absolute atomic E-state index is 13.1. The Morgan fingerprint density at radius 1 is 1.41 bits per heavy atom. The van der Waals surface area contributed by atoms with Crippen LogP contribution in [0, 0.1) is 0 Å². The number of carbonyl (C=O) groups is 3. The molecule has 0 fully saturated rings. The van der Waals surface area contributed by atoms with Crippen molar-refractivity contribution in [1.29, 1.82) is 0 Å². The number of aliphatic hydroxyl groups is 1. The number of allylic oxidation sites excluding steroid dienone is 2. The molecule has 2 atom stereocenters. The Balaban J connectivity index is 2.20. The second kappa shape index (κ2) is 6.63. The molecule has 1 aromatic rings. The SMILES string of the molecule is CC1=C(N=CN(C)C)C(=O)c2c(COC(N)=O)c3n(c2C1=O)CC(N)C3O. The number of primary amides is 1. The molecule has 2 heterocycles. The Morgan fingerprint density at radius 3 is 2.67 bits per heavy atom. The molecule has 2 unspecified atom stereocenters. The largest absolute Gasteiger partial charge is 0.445 e. The fourth-order valence-electron chi connectivity index (χ4n) is 3.40. The van der Waals surface area contributed by atoms with E-state index in [1.165, 1.54) is 17.8 Å². The van der Waals surface area contributed by atoms with E-state index in [4.69, 9.17) is 16.2 Å². The summed E-state index contributed by atoms with van der Waals surface area (Å²) in [6.45, 7) is 1.33. The van der Waals surface area contributed by atoms with Gasteiger partial charge in [0.25, 0.3) is 0 Å². The van der Waals surface area contributed by atoms with Crippen LogP contribution in [0.25, 0.3) is 0 Å². The van der Waals surface area contributed by atoms with E-state index in [-0.39, 0.29) is 47.0 Å². The molecule has 5 N–H and O–H groups in total. The van der Waals surface area contributed by atoms with Crippen LogP contribution >= 0.6 is 0 Å². The molecule has 1 amide bonds. The van der Waals surface area contributed by atoms with Crippen LogP contribution in [-0.4, -0.2) is 58.7 Å². The topological polar surface area (TPSA) is 153 Å².